The summed E-state index contributed by atoms with van der Waals surface area (Å²) in [4.78, 5) is 26.9. The van der Waals surface area contributed by atoms with Crippen molar-refractivity contribution < 1.29 is 23.9 Å². The Hall–Kier alpha value is -4.00. The number of quaternary nitrogens is 1. The minimum absolute atomic E-state index is 0.00318. The Morgan fingerprint density at radius 1 is 0.825 bits per heavy atom. The molecule has 4 aromatic carbocycles. The quantitative estimate of drug-likeness (QED) is 0.257. The molecule has 3 aliphatic rings. The lowest BCUT2D eigenvalue weighted by molar-refractivity contribution is -0.939. The molecular weight excluding hydrogens is 500 g/mol. The van der Waals surface area contributed by atoms with E-state index in [9.17, 15) is 14.7 Å². The number of carbonyl (C=O) groups is 2. The van der Waals surface area contributed by atoms with E-state index in [2.05, 4.69) is 29.6 Å². The predicted octanol–water partition coefficient (Wildman–Crippen LogP) is 4.54. The molecule has 7 rings (SSSR count). The highest BCUT2D eigenvalue weighted by atomic mass is 16.6. The first-order valence-corrected chi connectivity index (χ1v) is 14.1. The third-order valence-corrected chi connectivity index (χ3v) is 8.81. The first kappa shape index (κ1) is 26.2. The van der Waals surface area contributed by atoms with Gasteiger partial charge in [-0.3, -0.25) is 4.79 Å². The molecule has 0 unspecified atom stereocenters. The number of rotatable bonds is 8. The van der Waals surface area contributed by atoms with E-state index in [1.807, 2.05) is 54.6 Å². The fourth-order valence-corrected chi connectivity index (χ4v) is 6.56. The summed E-state index contributed by atoms with van der Waals surface area (Å²) in [5.74, 6) is -0.427. The van der Waals surface area contributed by atoms with E-state index in [0.717, 1.165) is 42.3 Å². The highest BCUT2D eigenvalue weighted by Crippen LogP contribution is 2.38. The number of fused-ring (bicyclic) bond motifs is 4. The van der Waals surface area contributed by atoms with Crippen LogP contribution in [-0.2, 0) is 26.5 Å². The minimum atomic E-state index is -1.91. The summed E-state index contributed by atoms with van der Waals surface area (Å²) in [7, 11) is 0. The normalized spacial score (nSPS) is 22.1. The third-order valence-electron chi connectivity index (χ3n) is 8.81. The van der Waals surface area contributed by atoms with Gasteiger partial charge in [-0.15, -0.1) is 0 Å². The molecule has 3 heterocycles. The zero-order valence-corrected chi connectivity index (χ0v) is 22.5. The highest BCUT2D eigenvalue weighted by Gasteiger charge is 2.51. The van der Waals surface area contributed by atoms with Gasteiger partial charge in [-0.1, -0.05) is 103 Å². The summed E-state index contributed by atoms with van der Waals surface area (Å²) >= 11 is 0. The molecule has 3 saturated heterocycles. The zero-order valence-electron chi connectivity index (χ0n) is 22.5. The van der Waals surface area contributed by atoms with Crippen LogP contribution in [0.3, 0.4) is 0 Å². The van der Waals surface area contributed by atoms with Crippen molar-refractivity contribution in [3.8, 4) is 0 Å². The van der Waals surface area contributed by atoms with Crippen molar-refractivity contribution in [3.63, 3.8) is 0 Å². The molecule has 0 aliphatic carbocycles. The van der Waals surface area contributed by atoms with E-state index in [-0.39, 0.29) is 17.9 Å². The van der Waals surface area contributed by atoms with E-state index in [1.54, 1.807) is 24.3 Å². The van der Waals surface area contributed by atoms with Gasteiger partial charge in [0.2, 0.25) is 5.60 Å². The van der Waals surface area contributed by atoms with Gasteiger partial charge in [-0.05, 0) is 27.5 Å². The lowest BCUT2D eigenvalue weighted by Gasteiger charge is -2.51. The summed E-state index contributed by atoms with van der Waals surface area (Å²) in [5.41, 5.74) is 0.139. The van der Waals surface area contributed by atoms with Crippen LogP contribution >= 0.6 is 0 Å². The maximum absolute atomic E-state index is 13.7. The van der Waals surface area contributed by atoms with Gasteiger partial charge < -0.3 is 19.6 Å². The van der Waals surface area contributed by atoms with Crippen LogP contribution in [-0.4, -0.2) is 53.7 Å². The molecule has 3 aliphatic heterocycles. The molecule has 6 nitrogen and oxygen atoms in total. The van der Waals surface area contributed by atoms with Gasteiger partial charge in [-0.25, -0.2) is 4.79 Å². The molecule has 3 fully saturated rings. The maximum atomic E-state index is 13.7. The van der Waals surface area contributed by atoms with Gasteiger partial charge >= 0.3 is 5.97 Å². The van der Waals surface area contributed by atoms with Gasteiger partial charge in [0, 0.05) is 25.3 Å². The van der Waals surface area contributed by atoms with Gasteiger partial charge in [0.1, 0.15) is 6.54 Å². The molecular formula is C34H35N2O4+. The van der Waals surface area contributed by atoms with Crippen molar-refractivity contribution in [3.05, 3.63) is 120 Å². The van der Waals surface area contributed by atoms with Crippen LogP contribution < -0.4 is 5.32 Å². The molecule has 0 saturated carbocycles. The van der Waals surface area contributed by atoms with Crippen LogP contribution in [0.15, 0.2) is 103 Å². The minimum Gasteiger partial charge on any atom is -0.453 e. The molecule has 204 valence electrons. The Labute approximate surface area is 234 Å². The standard InChI is InChI=1S/C34H34N2O4/c37-32(35-22-27-12-9-11-25-10-7-8-17-30(25)27)24-36-20-18-26(19-21-36)31(23-36)40-33(38)34(39,28-13-3-1-4-14-28)29-15-5-2-6-16-29/h1-17,26,31,39H,18-24H2/p+1/t26?,31-,36?/m0/s1. The second-order valence-corrected chi connectivity index (χ2v) is 11.3. The number of hydrogen-bond acceptors (Lipinski definition) is 4. The number of nitrogens with zero attached hydrogens (tertiary/aromatic N) is 1. The zero-order chi connectivity index (χ0) is 27.6. The summed E-state index contributed by atoms with van der Waals surface area (Å²) in [6, 6.07) is 32.3. The third kappa shape index (κ3) is 5.01. The molecule has 0 aromatic heterocycles. The molecule has 1 atom stereocenters. The second-order valence-electron chi connectivity index (χ2n) is 11.3. The lowest BCUT2D eigenvalue weighted by Crippen LogP contribution is -2.66. The highest BCUT2D eigenvalue weighted by molar-refractivity contribution is 5.87. The number of amides is 1. The molecule has 6 heteroatoms. The predicted molar refractivity (Wildman–Crippen MR) is 154 cm³/mol. The van der Waals surface area contributed by atoms with Crippen molar-refractivity contribution in [2.45, 2.75) is 31.1 Å². The van der Waals surface area contributed by atoms with Crippen LogP contribution in [0.5, 0.6) is 0 Å². The average Bonchev–Trinajstić information content (AvgIpc) is 3.00. The Balaban J connectivity index is 1.15. The SMILES string of the molecule is O=C(C[N+]12CCC(CC1)[C@@H](OC(=O)C(O)(c1ccccc1)c1ccccc1)C2)NCc1cccc2ccccc12. The average molecular weight is 536 g/mol. The largest absolute Gasteiger partial charge is 0.453 e. The van der Waals surface area contributed by atoms with Crippen LogP contribution in [0.25, 0.3) is 10.8 Å². The Morgan fingerprint density at radius 3 is 2.10 bits per heavy atom. The van der Waals surface area contributed by atoms with Crippen LogP contribution in [0, 0.1) is 5.92 Å². The number of esters is 1. The van der Waals surface area contributed by atoms with Crippen molar-refractivity contribution in [2.75, 3.05) is 26.2 Å². The number of nitrogens with one attached hydrogen (secondary N) is 1. The van der Waals surface area contributed by atoms with Gasteiger partial charge in [0.25, 0.3) is 5.91 Å². The molecule has 1 amide bonds. The van der Waals surface area contributed by atoms with Crippen LogP contribution in [0.1, 0.15) is 29.5 Å². The molecule has 2 N–H and O–H groups in total. The molecule has 4 aromatic rings. The van der Waals surface area contributed by atoms with Crippen LogP contribution in [0.4, 0.5) is 0 Å². The fraction of sp³-hybridized carbons (Fsp3) is 0.294. The Morgan fingerprint density at radius 2 is 1.43 bits per heavy atom. The molecule has 40 heavy (non-hydrogen) atoms. The van der Waals surface area contributed by atoms with Crippen molar-refractivity contribution in [1.82, 2.24) is 5.32 Å². The Kier molecular flexibility index (Phi) is 7.13. The molecule has 0 radical (unpaired) electrons. The number of carbonyl (C=O) groups excluding carboxylic acids is 2. The van der Waals surface area contributed by atoms with E-state index < -0.39 is 11.6 Å². The monoisotopic (exact) mass is 535 g/mol. The summed E-state index contributed by atoms with van der Waals surface area (Å²) in [5, 5.41) is 17.3. The van der Waals surface area contributed by atoms with E-state index >= 15 is 0 Å². The topological polar surface area (TPSA) is 75.6 Å². The molecule has 0 spiro atoms. The lowest BCUT2D eigenvalue weighted by atomic mass is 9.82. The number of aliphatic hydroxyl groups is 1. The summed E-state index contributed by atoms with van der Waals surface area (Å²) in [6.07, 6.45) is 1.44. The van der Waals surface area contributed by atoms with Crippen LogP contribution in [0.2, 0.25) is 0 Å². The number of benzene rings is 4. The number of ether oxygens (including phenoxy) is 1. The maximum Gasteiger partial charge on any atom is 0.348 e. The van der Waals surface area contributed by atoms with Crippen molar-refractivity contribution in [2.24, 2.45) is 5.92 Å². The fourth-order valence-electron chi connectivity index (χ4n) is 6.56. The Bertz CT molecular complexity index is 1450. The molecule has 2 bridgehead atoms. The van der Waals surface area contributed by atoms with E-state index in [1.165, 1.54) is 0 Å². The number of hydrogen-bond donors (Lipinski definition) is 2. The first-order valence-electron chi connectivity index (χ1n) is 14.1. The summed E-state index contributed by atoms with van der Waals surface area (Å²) in [6.45, 7) is 3.19. The van der Waals surface area contributed by atoms with Gasteiger partial charge in [0.05, 0.1) is 13.1 Å². The smallest absolute Gasteiger partial charge is 0.348 e. The van der Waals surface area contributed by atoms with Gasteiger partial charge in [-0.2, -0.15) is 0 Å². The summed E-state index contributed by atoms with van der Waals surface area (Å²) < 4.78 is 6.75. The van der Waals surface area contributed by atoms with E-state index in [4.69, 9.17) is 4.74 Å². The second kappa shape index (κ2) is 10.9. The number of piperidine rings is 3. The van der Waals surface area contributed by atoms with Crippen molar-refractivity contribution >= 4 is 22.6 Å². The van der Waals surface area contributed by atoms with Gasteiger partial charge in [0.15, 0.2) is 12.6 Å². The van der Waals surface area contributed by atoms with E-state index in [0.29, 0.717) is 35.2 Å². The van der Waals surface area contributed by atoms with Crippen molar-refractivity contribution in [1.29, 1.82) is 0 Å². The first-order chi connectivity index (χ1) is 19.5.